The summed E-state index contributed by atoms with van der Waals surface area (Å²) in [7, 11) is -3.85. The summed E-state index contributed by atoms with van der Waals surface area (Å²) in [5, 5.41) is 11.9. The maximum absolute atomic E-state index is 12.3. The highest BCUT2D eigenvalue weighted by Gasteiger charge is 2.15. The van der Waals surface area contributed by atoms with E-state index in [-0.39, 0.29) is 27.9 Å². The Labute approximate surface area is 127 Å². The summed E-state index contributed by atoms with van der Waals surface area (Å²) < 4.78 is 26.9. The molecule has 2 rings (SSSR count). The van der Waals surface area contributed by atoms with Crippen LogP contribution in [0.3, 0.4) is 0 Å². The number of nitrogens with two attached hydrogens (primary N) is 1. The van der Waals surface area contributed by atoms with Crippen LogP contribution in [0.25, 0.3) is 0 Å². The second-order valence-electron chi connectivity index (χ2n) is 4.59. The third-order valence-corrected chi connectivity index (χ3v) is 4.12. The summed E-state index contributed by atoms with van der Waals surface area (Å²) in [5.41, 5.74) is 6.23. The van der Waals surface area contributed by atoms with Crippen LogP contribution in [0.15, 0.2) is 47.4 Å². The van der Waals surface area contributed by atoms with Gasteiger partial charge in [-0.3, -0.25) is 9.52 Å². The minimum absolute atomic E-state index is 0.0325. The Hall–Kier alpha value is -2.74. The number of hydrogen-bond donors (Lipinski definition) is 4. The highest BCUT2D eigenvalue weighted by atomic mass is 32.2. The van der Waals surface area contributed by atoms with Gasteiger partial charge in [0, 0.05) is 12.6 Å². The van der Waals surface area contributed by atoms with E-state index in [2.05, 4.69) is 10.0 Å². The Bertz CT molecular complexity index is 819. The van der Waals surface area contributed by atoms with Crippen LogP contribution in [0.4, 0.5) is 17.1 Å². The molecule has 0 atom stereocenters. The van der Waals surface area contributed by atoms with Gasteiger partial charge < -0.3 is 16.2 Å². The molecule has 0 bridgehead atoms. The summed E-state index contributed by atoms with van der Waals surface area (Å²) in [6.07, 6.45) is 0. The van der Waals surface area contributed by atoms with Gasteiger partial charge >= 0.3 is 0 Å². The quantitative estimate of drug-likeness (QED) is 0.505. The van der Waals surface area contributed by atoms with Gasteiger partial charge in [-0.25, -0.2) is 8.42 Å². The fourth-order valence-electron chi connectivity index (χ4n) is 1.78. The van der Waals surface area contributed by atoms with Gasteiger partial charge in [0.1, 0.15) is 5.75 Å². The van der Waals surface area contributed by atoms with Crippen LogP contribution in [-0.2, 0) is 14.8 Å². The third-order valence-electron chi connectivity index (χ3n) is 2.74. The molecule has 0 unspecified atom stereocenters. The molecule has 0 aliphatic carbocycles. The summed E-state index contributed by atoms with van der Waals surface area (Å²) in [6, 6.07) is 9.89. The smallest absolute Gasteiger partial charge is 0.261 e. The van der Waals surface area contributed by atoms with Gasteiger partial charge in [0.2, 0.25) is 5.91 Å². The first-order valence-electron chi connectivity index (χ1n) is 6.27. The molecule has 5 N–H and O–H groups in total. The number of benzene rings is 2. The molecule has 2 aromatic carbocycles. The van der Waals surface area contributed by atoms with E-state index in [0.29, 0.717) is 5.69 Å². The van der Waals surface area contributed by atoms with Crippen molar-refractivity contribution in [2.75, 3.05) is 15.8 Å². The van der Waals surface area contributed by atoms with Gasteiger partial charge in [0.25, 0.3) is 10.0 Å². The molecule has 0 radical (unpaired) electrons. The highest BCUT2D eigenvalue weighted by molar-refractivity contribution is 7.92. The van der Waals surface area contributed by atoms with E-state index in [1.807, 2.05) is 0 Å². The molecule has 0 aliphatic heterocycles. The van der Waals surface area contributed by atoms with E-state index < -0.39 is 10.0 Å². The molecule has 0 saturated heterocycles. The Morgan fingerprint density at radius 1 is 1.14 bits per heavy atom. The van der Waals surface area contributed by atoms with Crippen molar-refractivity contribution < 1.29 is 18.3 Å². The van der Waals surface area contributed by atoms with Gasteiger partial charge in [-0.1, -0.05) is 6.07 Å². The number of nitrogen functional groups attached to an aromatic ring is 1. The third kappa shape index (κ3) is 3.67. The molecule has 22 heavy (non-hydrogen) atoms. The van der Waals surface area contributed by atoms with Crippen LogP contribution in [0, 0.1) is 0 Å². The van der Waals surface area contributed by atoms with Gasteiger partial charge in [0.05, 0.1) is 16.3 Å². The maximum Gasteiger partial charge on any atom is 0.261 e. The molecule has 7 nitrogen and oxygen atoms in total. The van der Waals surface area contributed by atoms with Gasteiger partial charge in [-0.15, -0.1) is 0 Å². The van der Waals surface area contributed by atoms with Crippen LogP contribution in [0.2, 0.25) is 0 Å². The van der Waals surface area contributed by atoms with Crippen molar-refractivity contribution in [3.05, 3.63) is 42.5 Å². The number of phenols is 1. The normalized spacial score (nSPS) is 11.0. The molecule has 0 aliphatic rings. The van der Waals surface area contributed by atoms with Crippen LogP contribution in [0.5, 0.6) is 5.75 Å². The fraction of sp³-hybridized carbons (Fsp3) is 0.0714. The van der Waals surface area contributed by atoms with E-state index in [4.69, 9.17) is 5.73 Å². The lowest BCUT2D eigenvalue weighted by molar-refractivity contribution is -0.114. The van der Waals surface area contributed by atoms with Crippen LogP contribution in [0.1, 0.15) is 6.92 Å². The molecule has 116 valence electrons. The SMILES string of the molecule is CC(=O)Nc1cccc(NS(=O)(=O)c2ccc(O)c(N)c2)c1. The Kier molecular flexibility index (Phi) is 4.22. The molecular weight excluding hydrogens is 306 g/mol. The van der Waals surface area contributed by atoms with Crippen molar-refractivity contribution in [2.45, 2.75) is 11.8 Å². The number of carbonyl (C=O) groups excluding carboxylic acids is 1. The highest BCUT2D eigenvalue weighted by Crippen LogP contribution is 2.25. The predicted molar refractivity (Wildman–Crippen MR) is 84.1 cm³/mol. The summed E-state index contributed by atoms with van der Waals surface area (Å²) >= 11 is 0. The Morgan fingerprint density at radius 2 is 1.82 bits per heavy atom. The van der Waals surface area contributed by atoms with Gasteiger partial charge in [-0.2, -0.15) is 0 Å². The number of aromatic hydroxyl groups is 1. The zero-order valence-electron chi connectivity index (χ0n) is 11.7. The van der Waals surface area contributed by atoms with Crippen molar-refractivity contribution in [3.8, 4) is 5.75 Å². The van der Waals surface area contributed by atoms with Gasteiger partial charge in [0.15, 0.2) is 0 Å². The number of amides is 1. The van der Waals surface area contributed by atoms with E-state index in [0.717, 1.165) is 6.07 Å². The van der Waals surface area contributed by atoms with Crippen molar-refractivity contribution in [2.24, 2.45) is 0 Å². The van der Waals surface area contributed by atoms with Crippen LogP contribution in [-0.4, -0.2) is 19.4 Å². The molecule has 2 aromatic rings. The number of sulfonamides is 1. The minimum atomic E-state index is -3.85. The Morgan fingerprint density at radius 3 is 2.45 bits per heavy atom. The standard InChI is InChI=1S/C14H15N3O4S/c1-9(18)16-10-3-2-4-11(7-10)17-22(20,21)12-5-6-14(19)13(15)8-12/h2-8,17,19H,15H2,1H3,(H,16,18). The van der Waals surface area contributed by atoms with Crippen LogP contribution >= 0.6 is 0 Å². The molecule has 0 heterocycles. The summed E-state index contributed by atoms with van der Waals surface area (Å²) in [5.74, 6) is -0.446. The Balaban J connectivity index is 2.28. The second kappa shape index (κ2) is 5.94. The number of phenolic OH excluding ortho intramolecular Hbond substituents is 1. The van der Waals surface area contributed by atoms with E-state index in [9.17, 15) is 18.3 Å². The van der Waals surface area contributed by atoms with Crippen molar-refractivity contribution in [1.82, 2.24) is 0 Å². The first-order valence-corrected chi connectivity index (χ1v) is 7.75. The monoisotopic (exact) mass is 321 g/mol. The molecule has 0 spiro atoms. The first-order chi connectivity index (χ1) is 10.3. The van der Waals surface area contributed by atoms with Crippen LogP contribution < -0.4 is 15.8 Å². The molecule has 1 amide bonds. The number of anilines is 3. The molecule has 8 heteroatoms. The number of rotatable bonds is 4. The largest absolute Gasteiger partial charge is 0.506 e. The van der Waals surface area contributed by atoms with Crippen molar-refractivity contribution >= 4 is 33.0 Å². The molecule has 0 saturated carbocycles. The van der Waals surface area contributed by atoms with Crippen molar-refractivity contribution in [3.63, 3.8) is 0 Å². The lowest BCUT2D eigenvalue weighted by Gasteiger charge is -2.10. The fourth-order valence-corrected chi connectivity index (χ4v) is 2.86. The summed E-state index contributed by atoms with van der Waals surface area (Å²) in [6.45, 7) is 1.36. The zero-order chi connectivity index (χ0) is 16.3. The lowest BCUT2D eigenvalue weighted by Crippen LogP contribution is -2.13. The number of nitrogens with one attached hydrogen (secondary N) is 2. The first kappa shape index (κ1) is 15.6. The average Bonchev–Trinajstić information content (AvgIpc) is 2.40. The van der Waals surface area contributed by atoms with Crippen molar-refractivity contribution in [1.29, 1.82) is 0 Å². The maximum atomic E-state index is 12.3. The number of hydrogen-bond acceptors (Lipinski definition) is 5. The predicted octanol–water partition coefficient (Wildman–Crippen LogP) is 1.73. The van der Waals surface area contributed by atoms with E-state index in [1.165, 1.54) is 25.1 Å². The lowest BCUT2D eigenvalue weighted by atomic mass is 10.3. The average molecular weight is 321 g/mol. The topological polar surface area (TPSA) is 122 Å². The zero-order valence-corrected chi connectivity index (χ0v) is 12.5. The summed E-state index contributed by atoms with van der Waals surface area (Å²) in [4.78, 5) is 10.9. The minimum Gasteiger partial charge on any atom is -0.506 e. The number of carbonyl (C=O) groups is 1. The molecule has 0 aromatic heterocycles. The van der Waals surface area contributed by atoms with Gasteiger partial charge in [-0.05, 0) is 36.4 Å². The second-order valence-corrected chi connectivity index (χ2v) is 6.27. The molecule has 0 fully saturated rings. The molecular formula is C14H15N3O4S. The van der Waals surface area contributed by atoms with E-state index >= 15 is 0 Å². The van der Waals surface area contributed by atoms with E-state index in [1.54, 1.807) is 18.2 Å².